The zero-order valence-electron chi connectivity index (χ0n) is 18.3. The number of nitrogens with one attached hydrogen (secondary N) is 2. The summed E-state index contributed by atoms with van der Waals surface area (Å²) in [7, 11) is 1.77. The van der Waals surface area contributed by atoms with Gasteiger partial charge in [0.1, 0.15) is 5.82 Å². The molecular weight excluding hydrogens is 407 g/mol. The Hall–Kier alpha value is -3.48. The monoisotopic (exact) mass is 434 g/mol. The number of hydrogen-bond donors (Lipinski definition) is 2. The summed E-state index contributed by atoms with van der Waals surface area (Å²) in [6.07, 6.45) is 2.39. The first-order chi connectivity index (χ1) is 15.4. The van der Waals surface area contributed by atoms with Gasteiger partial charge in [-0.3, -0.25) is 14.7 Å². The molecule has 7 heteroatoms. The van der Waals surface area contributed by atoms with E-state index in [0.29, 0.717) is 29.4 Å². The van der Waals surface area contributed by atoms with Gasteiger partial charge in [0.15, 0.2) is 0 Å². The van der Waals surface area contributed by atoms with Crippen LogP contribution in [-0.4, -0.2) is 40.5 Å². The fourth-order valence-corrected chi connectivity index (χ4v) is 3.77. The van der Waals surface area contributed by atoms with Crippen LogP contribution in [0.1, 0.15) is 35.8 Å². The van der Waals surface area contributed by atoms with Crippen molar-refractivity contribution >= 4 is 17.5 Å². The van der Waals surface area contributed by atoms with Crippen LogP contribution in [0.25, 0.3) is 11.3 Å². The van der Waals surface area contributed by atoms with E-state index in [2.05, 4.69) is 22.4 Å². The van der Waals surface area contributed by atoms with Gasteiger partial charge in [-0.2, -0.15) is 5.10 Å². The molecule has 32 heavy (non-hydrogen) atoms. The molecule has 1 aliphatic carbocycles. The molecule has 0 radical (unpaired) electrons. The second kappa shape index (κ2) is 9.34. The van der Waals surface area contributed by atoms with Gasteiger partial charge in [-0.1, -0.05) is 25.1 Å². The molecule has 2 atom stereocenters. The molecular formula is C25H27FN4O2. The number of halogens is 1. The summed E-state index contributed by atoms with van der Waals surface area (Å²) in [4.78, 5) is 26.6. The van der Waals surface area contributed by atoms with E-state index in [1.807, 2.05) is 12.1 Å². The third kappa shape index (κ3) is 5.22. The molecule has 0 saturated heterocycles. The molecule has 0 aliphatic heterocycles. The third-order valence-corrected chi connectivity index (χ3v) is 5.86. The van der Waals surface area contributed by atoms with E-state index in [4.69, 9.17) is 0 Å². The lowest BCUT2D eigenvalue weighted by atomic mass is 10.1. The number of nitrogens with zero attached hydrogens (tertiary/aromatic N) is 2. The summed E-state index contributed by atoms with van der Waals surface area (Å²) >= 11 is 0. The predicted molar refractivity (Wildman–Crippen MR) is 122 cm³/mol. The van der Waals surface area contributed by atoms with E-state index in [-0.39, 0.29) is 23.5 Å². The third-order valence-electron chi connectivity index (χ3n) is 5.86. The number of rotatable bonds is 8. The standard InChI is InChI=1S/C25H27FN4O2/c1-16-12-22(16)24(31)27-20-9-4-7-18(14-20)25(32)30(2)11-5-10-21-15-23(29-28-21)17-6-3-8-19(26)13-17/h3-4,6-9,13-16,22H,5,10-12H2,1-2H3,(H,27,31)(H,28,29). The Balaban J connectivity index is 1.29. The van der Waals surface area contributed by atoms with Crippen molar-refractivity contribution in [3.63, 3.8) is 0 Å². The molecule has 4 rings (SSSR count). The van der Waals surface area contributed by atoms with Gasteiger partial charge in [0.2, 0.25) is 5.91 Å². The Morgan fingerprint density at radius 3 is 2.72 bits per heavy atom. The molecule has 0 bridgehead atoms. The molecule has 1 saturated carbocycles. The molecule has 3 aromatic rings. The SMILES string of the molecule is CC1CC1C(=O)Nc1cccc(C(=O)N(C)CCCc2cc(-c3cccc(F)c3)n[nH]2)c1. The fraction of sp³-hybridized carbons (Fsp3) is 0.320. The lowest BCUT2D eigenvalue weighted by molar-refractivity contribution is -0.117. The van der Waals surface area contributed by atoms with Crippen molar-refractivity contribution in [1.29, 1.82) is 0 Å². The van der Waals surface area contributed by atoms with Gasteiger partial charge < -0.3 is 10.2 Å². The van der Waals surface area contributed by atoms with Crippen LogP contribution in [0.15, 0.2) is 54.6 Å². The normalized spacial score (nSPS) is 17.1. The topological polar surface area (TPSA) is 78.1 Å². The number of carbonyl (C=O) groups excluding carboxylic acids is 2. The Kier molecular flexibility index (Phi) is 6.35. The summed E-state index contributed by atoms with van der Waals surface area (Å²) in [5.41, 5.74) is 3.55. The average molecular weight is 435 g/mol. The summed E-state index contributed by atoms with van der Waals surface area (Å²) in [6, 6.07) is 15.3. The molecule has 0 spiro atoms. The lowest BCUT2D eigenvalue weighted by Gasteiger charge is -2.17. The van der Waals surface area contributed by atoms with Gasteiger partial charge in [0.05, 0.1) is 5.69 Å². The van der Waals surface area contributed by atoms with Crippen LogP contribution in [0.3, 0.4) is 0 Å². The molecule has 2 unspecified atom stereocenters. The zero-order chi connectivity index (χ0) is 22.7. The van der Waals surface area contributed by atoms with Crippen molar-refractivity contribution in [2.45, 2.75) is 26.2 Å². The average Bonchev–Trinajstić information content (AvgIpc) is 3.33. The van der Waals surface area contributed by atoms with Crippen LogP contribution in [0, 0.1) is 17.7 Å². The fourth-order valence-electron chi connectivity index (χ4n) is 3.77. The number of aryl methyl sites for hydroxylation is 1. The molecule has 6 nitrogen and oxygen atoms in total. The second-order valence-corrected chi connectivity index (χ2v) is 8.51. The molecule has 1 aromatic heterocycles. The number of carbonyl (C=O) groups is 2. The molecule has 2 amide bonds. The predicted octanol–water partition coefficient (Wildman–Crippen LogP) is 4.52. The van der Waals surface area contributed by atoms with Crippen molar-refractivity contribution in [3.8, 4) is 11.3 Å². The second-order valence-electron chi connectivity index (χ2n) is 8.51. The van der Waals surface area contributed by atoms with Crippen LogP contribution in [0.4, 0.5) is 10.1 Å². The summed E-state index contributed by atoms with van der Waals surface area (Å²) in [5, 5.41) is 10.1. The number of aromatic nitrogens is 2. The van der Waals surface area contributed by atoms with E-state index in [0.717, 1.165) is 30.5 Å². The zero-order valence-corrected chi connectivity index (χ0v) is 18.3. The Bertz CT molecular complexity index is 1130. The quantitative estimate of drug-likeness (QED) is 0.547. The highest BCUT2D eigenvalue weighted by molar-refractivity contribution is 5.98. The summed E-state index contributed by atoms with van der Waals surface area (Å²) in [6.45, 7) is 2.63. The van der Waals surface area contributed by atoms with E-state index >= 15 is 0 Å². The first kappa shape index (κ1) is 21.7. The van der Waals surface area contributed by atoms with Gasteiger partial charge in [0.25, 0.3) is 5.91 Å². The Labute approximate surface area is 186 Å². The van der Waals surface area contributed by atoms with Crippen molar-refractivity contribution < 1.29 is 14.0 Å². The van der Waals surface area contributed by atoms with Crippen molar-refractivity contribution in [2.24, 2.45) is 11.8 Å². The van der Waals surface area contributed by atoms with Crippen LogP contribution < -0.4 is 5.32 Å². The Morgan fingerprint density at radius 2 is 1.97 bits per heavy atom. The smallest absolute Gasteiger partial charge is 0.253 e. The first-order valence-corrected chi connectivity index (χ1v) is 10.9. The molecule has 166 valence electrons. The largest absolute Gasteiger partial charge is 0.342 e. The molecule has 1 aliphatic rings. The molecule has 1 heterocycles. The van der Waals surface area contributed by atoms with Crippen LogP contribution in [-0.2, 0) is 11.2 Å². The maximum atomic E-state index is 13.4. The molecule has 2 N–H and O–H groups in total. The van der Waals surface area contributed by atoms with Crippen LogP contribution in [0.2, 0.25) is 0 Å². The number of hydrogen-bond acceptors (Lipinski definition) is 3. The van der Waals surface area contributed by atoms with Crippen LogP contribution in [0.5, 0.6) is 0 Å². The maximum Gasteiger partial charge on any atom is 0.253 e. The minimum absolute atomic E-state index is 0.0209. The number of aromatic amines is 1. The number of benzene rings is 2. The van der Waals surface area contributed by atoms with Gasteiger partial charge in [-0.05, 0) is 61.6 Å². The lowest BCUT2D eigenvalue weighted by Crippen LogP contribution is -2.28. The van der Waals surface area contributed by atoms with Gasteiger partial charge in [0, 0.05) is 42.0 Å². The van der Waals surface area contributed by atoms with Gasteiger partial charge in [-0.15, -0.1) is 0 Å². The maximum absolute atomic E-state index is 13.4. The van der Waals surface area contributed by atoms with Gasteiger partial charge >= 0.3 is 0 Å². The highest BCUT2D eigenvalue weighted by Gasteiger charge is 2.39. The van der Waals surface area contributed by atoms with E-state index in [1.165, 1.54) is 12.1 Å². The van der Waals surface area contributed by atoms with Crippen molar-refractivity contribution in [3.05, 3.63) is 71.7 Å². The minimum Gasteiger partial charge on any atom is -0.342 e. The summed E-state index contributed by atoms with van der Waals surface area (Å²) < 4.78 is 13.4. The first-order valence-electron chi connectivity index (χ1n) is 10.9. The highest BCUT2D eigenvalue weighted by Crippen LogP contribution is 2.38. The number of amides is 2. The van der Waals surface area contributed by atoms with Crippen molar-refractivity contribution in [2.75, 3.05) is 18.9 Å². The van der Waals surface area contributed by atoms with E-state index in [1.54, 1.807) is 42.3 Å². The van der Waals surface area contributed by atoms with Gasteiger partial charge in [-0.25, -0.2) is 4.39 Å². The number of anilines is 1. The highest BCUT2D eigenvalue weighted by atomic mass is 19.1. The summed E-state index contributed by atoms with van der Waals surface area (Å²) in [5.74, 6) is 0.156. The van der Waals surface area contributed by atoms with Crippen LogP contribution >= 0.6 is 0 Å². The van der Waals surface area contributed by atoms with Crippen molar-refractivity contribution in [1.82, 2.24) is 15.1 Å². The molecule has 1 fully saturated rings. The minimum atomic E-state index is -0.294. The number of H-pyrrole nitrogens is 1. The Morgan fingerprint density at radius 1 is 1.19 bits per heavy atom. The molecule has 2 aromatic carbocycles. The van der Waals surface area contributed by atoms with E-state index < -0.39 is 0 Å². The van der Waals surface area contributed by atoms with E-state index in [9.17, 15) is 14.0 Å².